The van der Waals surface area contributed by atoms with Gasteiger partial charge in [0, 0.05) is 18.2 Å². The van der Waals surface area contributed by atoms with E-state index in [1.54, 1.807) is 0 Å². The van der Waals surface area contributed by atoms with Crippen LogP contribution in [0.15, 0.2) is 15.8 Å². The summed E-state index contributed by atoms with van der Waals surface area (Å²) >= 11 is 0. The van der Waals surface area contributed by atoms with Gasteiger partial charge in [-0.3, -0.25) is 19.1 Å². The second-order valence-corrected chi connectivity index (χ2v) is 3.68. The van der Waals surface area contributed by atoms with Crippen molar-refractivity contribution >= 4 is 5.78 Å². The van der Waals surface area contributed by atoms with Crippen LogP contribution in [0.3, 0.4) is 0 Å². The van der Waals surface area contributed by atoms with Gasteiger partial charge in [-0.2, -0.15) is 0 Å². The van der Waals surface area contributed by atoms with Crippen LogP contribution < -0.4 is 11.2 Å². The van der Waals surface area contributed by atoms with Crippen LogP contribution in [0.2, 0.25) is 0 Å². The van der Waals surface area contributed by atoms with Crippen LogP contribution in [0.4, 0.5) is 0 Å². The number of rotatable bonds is 5. The number of ketones is 1. The topological polar surface area (TPSA) is 71.9 Å². The van der Waals surface area contributed by atoms with Gasteiger partial charge >= 0.3 is 5.69 Å². The van der Waals surface area contributed by atoms with Gasteiger partial charge in [0.05, 0.1) is 6.54 Å². The number of Topliss-reactive ketones (excluding diaryl/α,β-unsaturated/α-hetero) is 1. The van der Waals surface area contributed by atoms with E-state index in [1.165, 1.54) is 10.8 Å². The Morgan fingerprint density at radius 3 is 2.62 bits per heavy atom. The van der Waals surface area contributed by atoms with Gasteiger partial charge in [-0.1, -0.05) is 13.8 Å². The van der Waals surface area contributed by atoms with Gasteiger partial charge in [0.15, 0.2) is 5.78 Å². The van der Waals surface area contributed by atoms with Crippen molar-refractivity contribution in [3.8, 4) is 0 Å². The van der Waals surface area contributed by atoms with Crippen molar-refractivity contribution in [3.05, 3.63) is 32.6 Å². The average molecular weight is 224 g/mol. The predicted octanol–water partition coefficient (Wildman–Crippen LogP) is 0.468. The zero-order valence-corrected chi connectivity index (χ0v) is 9.58. The number of hydrogen-bond donors (Lipinski definition) is 1. The molecular formula is C11H16N2O3. The van der Waals surface area contributed by atoms with Crippen LogP contribution in [0.5, 0.6) is 0 Å². The highest BCUT2D eigenvalue weighted by Crippen LogP contribution is 1.94. The maximum absolute atomic E-state index is 11.4. The Balaban J connectivity index is 3.01. The third-order valence-corrected chi connectivity index (χ3v) is 2.34. The van der Waals surface area contributed by atoms with Gasteiger partial charge in [-0.05, 0) is 12.8 Å². The molecule has 0 fully saturated rings. The van der Waals surface area contributed by atoms with Crippen molar-refractivity contribution < 1.29 is 4.79 Å². The second-order valence-electron chi connectivity index (χ2n) is 3.68. The molecule has 0 spiro atoms. The van der Waals surface area contributed by atoms with Crippen molar-refractivity contribution in [1.29, 1.82) is 0 Å². The smallest absolute Gasteiger partial charge is 0.298 e. The number of nitrogens with one attached hydrogen (secondary N) is 1. The summed E-state index contributed by atoms with van der Waals surface area (Å²) in [5.41, 5.74) is -0.373. The maximum Gasteiger partial charge on any atom is 0.328 e. The number of H-pyrrole nitrogens is 1. The third kappa shape index (κ3) is 2.92. The molecule has 0 aliphatic carbocycles. The molecule has 1 N–H and O–H groups in total. The van der Waals surface area contributed by atoms with Gasteiger partial charge < -0.3 is 0 Å². The number of carbonyl (C=O) groups excluding carboxylic acids is 1. The fourth-order valence-electron chi connectivity index (χ4n) is 1.47. The number of aryl methyl sites for hydroxylation is 1. The predicted molar refractivity (Wildman–Crippen MR) is 60.6 cm³/mol. The van der Waals surface area contributed by atoms with Crippen molar-refractivity contribution in [2.75, 3.05) is 0 Å². The number of nitrogens with zero attached hydrogens (tertiary/aromatic N) is 1. The summed E-state index contributed by atoms with van der Waals surface area (Å²) in [6.07, 6.45) is 3.22. The van der Waals surface area contributed by atoms with Gasteiger partial charge in [-0.15, -0.1) is 0 Å². The summed E-state index contributed by atoms with van der Waals surface area (Å²) in [6, 6.07) is 0. The molecule has 0 atom stereocenters. The lowest BCUT2D eigenvalue weighted by Crippen LogP contribution is -2.33. The average Bonchev–Trinajstić information content (AvgIpc) is 2.22. The Hall–Kier alpha value is -1.65. The number of hydrogen-bond acceptors (Lipinski definition) is 3. The molecule has 0 aliphatic heterocycles. The van der Waals surface area contributed by atoms with E-state index in [-0.39, 0.29) is 17.9 Å². The largest absolute Gasteiger partial charge is 0.328 e. The summed E-state index contributed by atoms with van der Waals surface area (Å²) in [5, 5.41) is 0. The van der Waals surface area contributed by atoms with Crippen molar-refractivity contribution in [2.45, 2.75) is 39.7 Å². The van der Waals surface area contributed by atoms with E-state index in [4.69, 9.17) is 0 Å². The number of aromatic amines is 1. The molecule has 0 unspecified atom stereocenters. The summed E-state index contributed by atoms with van der Waals surface area (Å²) < 4.78 is 1.26. The molecule has 0 amide bonds. The second kappa shape index (κ2) is 5.44. The summed E-state index contributed by atoms with van der Waals surface area (Å²) in [4.78, 5) is 36.3. The van der Waals surface area contributed by atoms with Crippen LogP contribution >= 0.6 is 0 Å². The monoisotopic (exact) mass is 224 g/mol. The zero-order valence-electron chi connectivity index (χ0n) is 9.58. The van der Waals surface area contributed by atoms with E-state index >= 15 is 0 Å². The molecule has 0 saturated heterocycles. The van der Waals surface area contributed by atoms with Gasteiger partial charge in [-0.25, -0.2) is 4.79 Å². The number of aromatic nitrogens is 2. The first kappa shape index (κ1) is 12.4. The molecule has 16 heavy (non-hydrogen) atoms. The van der Waals surface area contributed by atoms with Gasteiger partial charge in [0.1, 0.15) is 0 Å². The number of carbonyl (C=O) groups is 1. The Morgan fingerprint density at radius 1 is 1.38 bits per heavy atom. The fraction of sp³-hybridized carbons (Fsp3) is 0.545. The molecule has 1 aromatic rings. The molecule has 5 heteroatoms. The molecule has 1 heterocycles. The first-order valence-electron chi connectivity index (χ1n) is 5.42. The summed E-state index contributed by atoms with van der Waals surface area (Å²) in [6.45, 7) is 3.77. The molecule has 88 valence electrons. The van der Waals surface area contributed by atoms with Crippen molar-refractivity contribution in [2.24, 2.45) is 0 Å². The first-order valence-corrected chi connectivity index (χ1v) is 5.42. The fourth-order valence-corrected chi connectivity index (χ4v) is 1.47. The van der Waals surface area contributed by atoms with Crippen LogP contribution in [0, 0.1) is 0 Å². The standard InChI is InChI=1S/C11H16N2O3/c1-3-5-9(14)7-13-6-8(4-2)10(15)12-11(13)16/h6H,3-5,7H2,1-2H3,(H,12,15,16). The molecule has 0 saturated carbocycles. The molecule has 1 rings (SSSR count). The molecule has 0 aliphatic rings. The Morgan fingerprint density at radius 2 is 2.06 bits per heavy atom. The molecule has 1 aromatic heterocycles. The van der Waals surface area contributed by atoms with E-state index in [2.05, 4.69) is 4.98 Å². The first-order chi connectivity index (χ1) is 7.58. The molecule has 0 aromatic carbocycles. The van der Waals surface area contributed by atoms with E-state index in [0.29, 0.717) is 18.4 Å². The lowest BCUT2D eigenvalue weighted by Gasteiger charge is -2.05. The molecule has 5 nitrogen and oxygen atoms in total. The minimum Gasteiger partial charge on any atom is -0.298 e. The van der Waals surface area contributed by atoms with Crippen LogP contribution in [-0.4, -0.2) is 15.3 Å². The normalized spacial score (nSPS) is 10.4. The van der Waals surface area contributed by atoms with E-state index in [0.717, 1.165) is 6.42 Å². The zero-order chi connectivity index (χ0) is 12.1. The Bertz CT molecular complexity index is 485. The molecule has 0 bridgehead atoms. The van der Waals surface area contributed by atoms with Crippen LogP contribution in [-0.2, 0) is 17.8 Å². The SMILES string of the molecule is CCCC(=O)Cn1cc(CC)c(=O)[nH]c1=O. The van der Waals surface area contributed by atoms with E-state index in [1.807, 2.05) is 13.8 Å². The highest BCUT2D eigenvalue weighted by atomic mass is 16.2. The van der Waals surface area contributed by atoms with Gasteiger partial charge in [0.2, 0.25) is 0 Å². The minimum atomic E-state index is -0.522. The lowest BCUT2D eigenvalue weighted by atomic mass is 10.2. The van der Waals surface area contributed by atoms with Crippen molar-refractivity contribution in [3.63, 3.8) is 0 Å². The summed E-state index contributed by atoms with van der Waals surface area (Å²) in [7, 11) is 0. The molecular weight excluding hydrogens is 208 g/mol. The summed E-state index contributed by atoms with van der Waals surface area (Å²) in [5.74, 6) is -0.00120. The van der Waals surface area contributed by atoms with E-state index < -0.39 is 5.69 Å². The Kier molecular flexibility index (Phi) is 4.22. The minimum absolute atomic E-state index is 0.00120. The van der Waals surface area contributed by atoms with Crippen molar-refractivity contribution in [1.82, 2.24) is 9.55 Å². The highest BCUT2D eigenvalue weighted by molar-refractivity contribution is 5.78. The van der Waals surface area contributed by atoms with Gasteiger partial charge in [0.25, 0.3) is 5.56 Å². The quantitative estimate of drug-likeness (QED) is 0.790. The Labute approximate surface area is 93.1 Å². The van der Waals surface area contributed by atoms with Crippen LogP contribution in [0.1, 0.15) is 32.3 Å². The van der Waals surface area contributed by atoms with Crippen LogP contribution in [0.25, 0.3) is 0 Å². The third-order valence-electron chi connectivity index (χ3n) is 2.34. The van der Waals surface area contributed by atoms with E-state index in [9.17, 15) is 14.4 Å². The highest BCUT2D eigenvalue weighted by Gasteiger charge is 2.06. The maximum atomic E-state index is 11.4. The molecule has 0 radical (unpaired) electrons. The lowest BCUT2D eigenvalue weighted by molar-refractivity contribution is -0.119.